The number of anilines is 1. The maximum absolute atomic E-state index is 12.6. The lowest BCUT2D eigenvalue weighted by molar-refractivity contribution is 0.0819. The Morgan fingerprint density at radius 2 is 2.19 bits per heavy atom. The molecule has 0 unspecified atom stereocenters. The summed E-state index contributed by atoms with van der Waals surface area (Å²) in [6.07, 6.45) is 0. The lowest BCUT2D eigenvalue weighted by atomic mass is 10.2. The number of rotatable bonds is 3. The van der Waals surface area contributed by atoms with Crippen molar-refractivity contribution in [2.24, 2.45) is 0 Å². The van der Waals surface area contributed by atoms with E-state index in [4.69, 9.17) is 16.3 Å². The number of ether oxygens (including phenoxy) is 1. The van der Waals surface area contributed by atoms with E-state index in [1.165, 1.54) is 15.9 Å². The minimum absolute atomic E-state index is 0.167. The van der Waals surface area contributed by atoms with Crippen LogP contribution >= 0.6 is 22.9 Å². The summed E-state index contributed by atoms with van der Waals surface area (Å²) in [5.41, 5.74) is 0.882. The summed E-state index contributed by atoms with van der Waals surface area (Å²) in [4.78, 5) is 25.3. The van der Waals surface area contributed by atoms with E-state index in [0.29, 0.717) is 35.1 Å². The Morgan fingerprint density at radius 3 is 2.88 bits per heavy atom. The maximum Gasteiger partial charge on any atom is 0.336 e. The summed E-state index contributed by atoms with van der Waals surface area (Å²) in [5, 5.41) is 15.2. The fourth-order valence-corrected chi connectivity index (χ4v) is 3.74. The third kappa shape index (κ3) is 2.82. The molecule has 7 nitrogen and oxygen atoms in total. The van der Waals surface area contributed by atoms with Crippen molar-refractivity contribution in [2.45, 2.75) is 13.2 Å². The van der Waals surface area contributed by atoms with Gasteiger partial charge >= 0.3 is 5.69 Å². The van der Waals surface area contributed by atoms with Crippen molar-refractivity contribution < 1.29 is 14.6 Å². The fourth-order valence-electron chi connectivity index (χ4n) is 2.86. The molecular formula is C17H14ClN3O4S. The van der Waals surface area contributed by atoms with Gasteiger partial charge in [0, 0.05) is 5.69 Å². The highest BCUT2D eigenvalue weighted by atomic mass is 35.5. The molecule has 0 fully saturated rings. The van der Waals surface area contributed by atoms with Gasteiger partial charge in [-0.15, -0.1) is 11.3 Å². The summed E-state index contributed by atoms with van der Waals surface area (Å²) in [7, 11) is 0. The molecule has 9 heteroatoms. The van der Waals surface area contributed by atoms with Gasteiger partial charge in [-0.05, 0) is 29.6 Å². The van der Waals surface area contributed by atoms with Crippen LogP contribution in [-0.4, -0.2) is 26.8 Å². The number of nitrogens with one attached hydrogen (secondary N) is 1. The number of thiophene rings is 1. The summed E-state index contributed by atoms with van der Waals surface area (Å²) in [6, 6.07) is 8.28. The van der Waals surface area contributed by atoms with E-state index in [1.807, 2.05) is 5.38 Å². The Bertz CT molecular complexity index is 1040. The molecule has 0 radical (unpaired) electrons. The molecule has 2 N–H and O–H groups in total. The Hall–Kier alpha value is -2.55. The lowest BCUT2D eigenvalue weighted by Crippen LogP contribution is -2.28. The highest BCUT2D eigenvalue weighted by Gasteiger charge is 2.24. The molecule has 1 aliphatic heterocycles. The normalized spacial score (nSPS) is 13.4. The quantitative estimate of drug-likeness (QED) is 0.719. The van der Waals surface area contributed by atoms with E-state index in [1.54, 1.807) is 30.3 Å². The number of hydrogen-bond donors (Lipinski definition) is 2. The number of hydrogen-bond acceptors (Lipinski definition) is 5. The number of aromatic hydroxyl groups is 1. The molecule has 0 saturated carbocycles. The standard InChI is InChI=1S/C17H14ClN3O4S/c18-11-8-10(19-15(22)14-2-1-7-26-14)3-4-12(11)21-16(23)13-9-25-6-5-20(13)17(21)24/h1-4,7-8,23H,5-6,9H2,(H,19,22). The first-order chi connectivity index (χ1) is 12.6. The molecule has 0 atom stereocenters. The predicted molar refractivity (Wildman–Crippen MR) is 98.6 cm³/mol. The average Bonchev–Trinajstić information content (AvgIpc) is 3.25. The van der Waals surface area contributed by atoms with Gasteiger partial charge in [-0.25, -0.2) is 9.36 Å². The van der Waals surface area contributed by atoms with E-state index < -0.39 is 0 Å². The van der Waals surface area contributed by atoms with E-state index >= 15 is 0 Å². The number of aromatic nitrogens is 2. The van der Waals surface area contributed by atoms with Gasteiger partial charge in [-0.2, -0.15) is 0 Å². The van der Waals surface area contributed by atoms with Gasteiger partial charge in [-0.3, -0.25) is 9.36 Å². The van der Waals surface area contributed by atoms with Crippen molar-refractivity contribution in [3.63, 3.8) is 0 Å². The van der Waals surface area contributed by atoms with Crippen LogP contribution in [0.2, 0.25) is 5.02 Å². The van der Waals surface area contributed by atoms with Crippen LogP contribution < -0.4 is 11.0 Å². The monoisotopic (exact) mass is 391 g/mol. The molecule has 3 heterocycles. The zero-order valence-corrected chi connectivity index (χ0v) is 15.0. The number of carbonyl (C=O) groups excluding carboxylic acids is 1. The molecule has 0 spiro atoms. The second-order valence-electron chi connectivity index (χ2n) is 5.69. The van der Waals surface area contributed by atoms with Gasteiger partial charge in [-0.1, -0.05) is 17.7 Å². The molecule has 0 aliphatic carbocycles. The molecule has 4 rings (SSSR count). The van der Waals surface area contributed by atoms with Crippen LogP contribution in [0.25, 0.3) is 5.69 Å². The zero-order chi connectivity index (χ0) is 18.3. The van der Waals surface area contributed by atoms with Crippen LogP contribution in [0.1, 0.15) is 15.4 Å². The first kappa shape index (κ1) is 16.9. The van der Waals surface area contributed by atoms with Crippen LogP contribution in [0.15, 0.2) is 40.5 Å². The van der Waals surface area contributed by atoms with E-state index in [-0.39, 0.29) is 29.1 Å². The number of nitrogens with zero attached hydrogens (tertiary/aromatic N) is 2. The van der Waals surface area contributed by atoms with E-state index in [9.17, 15) is 14.7 Å². The molecule has 134 valence electrons. The number of fused-ring (bicyclic) bond motifs is 1. The van der Waals surface area contributed by atoms with Crippen molar-refractivity contribution in [3.8, 4) is 11.6 Å². The van der Waals surface area contributed by atoms with E-state index in [0.717, 1.165) is 4.57 Å². The Morgan fingerprint density at radius 1 is 1.35 bits per heavy atom. The van der Waals surface area contributed by atoms with Crippen molar-refractivity contribution in [3.05, 3.63) is 61.8 Å². The van der Waals surface area contributed by atoms with Crippen LogP contribution in [0.5, 0.6) is 5.88 Å². The second kappa shape index (κ2) is 6.64. The lowest BCUT2D eigenvalue weighted by Gasteiger charge is -2.13. The largest absolute Gasteiger partial charge is 0.493 e. The Balaban J connectivity index is 1.68. The topological polar surface area (TPSA) is 85.5 Å². The van der Waals surface area contributed by atoms with E-state index in [2.05, 4.69) is 5.32 Å². The van der Waals surface area contributed by atoms with Crippen LogP contribution in [0.4, 0.5) is 5.69 Å². The van der Waals surface area contributed by atoms with Gasteiger partial charge < -0.3 is 15.2 Å². The highest BCUT2D eigenvalue weighted by Crippen LogP contribution is 2.29. The number of carbonyl (C=O) groups is 1. The summed E-state index contributed by atoms with van der Waals surface area (Å²) < 4.78 is 7.92. The molecule has 1 aromatic carbocycles. The molecule has 3 aromatic rings. The minimum Gasteiger partial charge on any atom is -0.493 e. The molecule has 1 aliphatic rings. The molecule has 1 amide bonds. The molecule has 26 heavy (non-hydrogen) atoms. The van der Waals surface area contributed by atoms with Gasteiger partial charge in [0.2, 0.25) is 5.88 Å². The zero-order valence-electron chi connectivity index (χ0n) is 13.4. The van der Waals surface area contributed by atoms with Crippen LogP contribution in [0, 0.1) is 0 Å². The maximum atomic E-state index is 12.6. The number of halogens is 1. The van der Waals surface area contributed by atoms with Crippen molar-refractivity contribution >= 4 is 34.5 Å². The van der Waals surface area contributed by atoms with Gasteiger partial charge in [0.1, 0.15) is 5.69 Å². The number of benzene rings is 1. The second-order valence-corrected chi connectivity index (χ2v) is 7.05. The van der Waals surface area contributed by atoms with Gasteiger partial charge in [0.25, 0.3) is 5.91 Å². The first-order valence-corrected chi connectivity index (χ1v) is 9.08. The molecule has 0 saturated heterocycles. The highest BCUT2D eigenvalue weighted by molar-refractivity contribution is 7.12. The smallest absolute Gasteiger partial charge is 0.336 e. The molecule has 2 aromatic heterocycles. The third-order valence-corrected chi connectivity index (χ3v) is 5.28. The molecule has 0 bridgehead atoms. The molecular weight excluding hydrogens is 378 g/mol. The number of imidazole rings is 1. The fraction of sp³-hybridized carbons (Fsp3) is 0.176. The average molecular weight is 392 g/mol. The summed E-state index contributed by atoms with van der Waals surface area (Å²) in [5.74, 6) is -0.424. The number of amides is 1. The third-order valence-electron chi connectivity index (χ3n) is 4.11. The van der Waals surface area contributed by atoms with Crippen LogP contribution in [0.3, 0.4) is 0 Å². The Kier molecular flexibility index (Phi) is 4.31. The van der Waals surface area contributed by atoms with Crippen LogP contribution in [-0.2, 0) is 17.9 Å². The van der Waals surface area contributed by atoms with Gasteiger partial charge in [0.15, 0.2) is 0 Å². The van der Waals surface area contributed by atoms with Gasteiger partial charge in [0.05, 0.1) is 35.3 Å². The minimum atomic E-state index is -0.377. The summed E-state index contributed by atoms with van der Waals surface area (Å²) >= 11 is 7.66. The summed E-state index contributed by atoms with van der Waals surface area (Å²) in [6.45, 7) is 0.958. The van der Waals surface area contributed by atoms with Crippen molar-refractivity contribution in [1.29, 1.82) is 0 Å². The van der Waals surface area contributed by atoms with Crippen molar-refractivity contribution in [2.75, 3.05) is 11.9 Å². The van der Waals surface area contributed by atoms with Crippen molar-refractivity contribution in [1.82, 2.24) is 9.13 Å². The predicted octanol–water partition coefficient (Wildman–Crippen LogP) is 2.84. The first-order valence-electron chi connectivity index (χ1n) is 7.82. The SMILES string of the molecule is O=C(Nc1ccc(-n2c(O)c3n(c2=O)CCOC3)c(Cl)c1)c1cccs1. The Labute approximate surface area is 157 Å².